The summed E-state index contributed by atoms with van der Waals surface area (Å²) in [4.78, 5) is 3.47. The van der Waals surface area contributed by atoms with Crippen molar-refractivity contribution in [1.82, 2.24) is 0 Å². The smallest absolute Gasteiger partial charge is 0.263 e. The van der Waals surface area contributed by atoms with Crippen LogP contribution in [0.15, 0.2) is 29.2 Å². The molecule has 1 N–H and O–H groups in total. The summed E-state index contributed by atoms with van der Waals surface area (Å²) in [6.07, 6.45) is -1.75. The van der Waals surface area contributed by atoms with E-state index in [0.717, 1.165) is 6.08 Å². The Hall–Kier alpha value is -1.24. The number of fused-ring (bicyclic) bond motifs is 1. The van der Waals surface area contributed by atoms with Gasteiger partial charge in [-0.3, -0.25) is 4.55 Å². The maximum atomic E-state index is 10.6. The Bertz CT molecular complexity index is 744. The Morgan fingerprint density at radius 1 is 1.57 bits per heavy atom. The van der Waals surface area contributed by atoms with Gasteiger partial charge in [0.2, 0.25) is 0 Å². The quantitative estimate of drug-likeness (QED) is 0.662. The van der Waals surface area contributed by atoms with Crippen molar-refractivity contribution in [2.75, 3.05) is 0 Å². The third kappa shape index (κ3) is 1.98. The highest BCUT2D eigenvalue weighted by Crippen LogP contribution is 2.02. The third-order valence-corrected chi connectivity index (χ3v) is 1.76. The van der Waals surface area contributed by atoms with Crippen LogP contribution >= 0.6 is 0 Å². The SMILES string of the molecule is [2H]c1c([2H])c([2H])c2c(c1[2H])=CC([2H])(OS(=O)(=O)O)N=2. The molecule has 2 rings (SSSR count). The van der Waals surface area contributed by atoms with Crippen molar-refractivity contribution in [3.63, 3.8) is 0 Å². The van der Waals surface area contributed by atoms with Crippen molar-refractivity contribution in [2.24, 2.45) is 4.99 Å². The topological polar surface area (TPSA) is 76.0 Å². The van der Waals surface area contributed by atoms with E-state index in [9.17, 15) is 8.42 Å². The summed E-state index contributed by atoms with van der Waals surface area (Å²) in [7, 11) is -4.96. The van der Waals surface area contributed by atoms with E-state index in [1.54, 1.807) is 0 Å². The highest BCUT2D eigenvalue weighted by atomic mass is 32.3. The maximum absolute atomic E-state index is 10.6. The van der Waals surface area contributed by atoms with Crippen molar-refractivity contribution < 1.29 is 24.0 Å². The largest absolute Gasteiger partial charge is 0.399 e. The highest BCUT2D eigenvalue weighted by Gasteiger charge is 2.15. The van der Waals surface area contributed by atoms with Gasteiger partial charge in [-0.25, -0.2) is 9.18 Å². The molecule has 0 aromatic heterocycles. The van der Waals surface area contributed by atoms with Crippen LogP contribution in [0, 0.1) is 0 Å². The van der Waals surface area contributed by atoms with Gasteiger partial charge in [-0.1, -0.05) is 18.1 Å². The molecule has 0 fully saturated rings. The molecule has 0 radical (unpaired) electrons. The second-order valence-corrected chi connectivity index (χ2v) is 3.39. The molecule has 5 nitrogen and oxygen atoms in total. The van der Waals surface area contributed by atoms with Crippen LogP contribution in [0.2, 0.25) is 0 Å². The second-order valence-electron chi connectivity index (χ2n) is 2.37. The average Bonchev–Trinajstić information content (AvgIpc) is 2.59. The van der Waals surface area contributed by atoms with Crippen molar-refractivity contribution in [3.05, 3.63) is 34.7 Å². The molecule has 0 amide bonds. The summed E-state index contributed by atoms with van der Waals surface area (Å²) in [5, 5.41) is -0.436. The van der Waals surface area contributed by atoms with Gasteiger partial charge in [0.15, 0.2) is 6.20 Å². The monoisotopic (exact) mass is 218 g/mol. The van der Waals surface area contributed by atoms with Gasteiger partial charge < -0.3 is 0 Å². The minimum absolute atomic E-state index is 0.148. The van der Waals surface area contributed by atoms with Gasteiger partial charge in [-0.05, 0) is 12.1 Å². The molecule has 0 spiro atoms. The molecule has 1 aliphatic heterocycles. The molecule has 0 bridgehead atoms. The lowest BCUT2D eigenvalue weighted by Gasteiger charge is -2.00. The van der Waals surface area contributed by atoms with E-state index in [-0.39, 0.29) is 10.6 Å². The molecular weight excluding hydrogens is 206 g/mol. The summed E-state index contributed by atoms with van der Waals surface area (Å²) in [5.74, 6) is 0. The zero-order valence-electron chi connectivity index (χ0n) is 11.6. The minimum Gasteiger partial charge on any atom is -0.263 e. The molecule has 1 aromatic rings. The molecule has 1 unspecified atom stereocenters. The first-order chi connectivity index (χ1) is 8.54. The Balaban J connectivity index is 2.77. The third-order valence-electron chi connectivity index (χ3n) is 1.38. The average molecular weight is 218 g/mol. The van der Waals surface area contributed by atoms with E-state index in [0.29, 0.717) is 0 Å². The van der Waals surface area contributed by atoms with Crippen LogP contribution in [-0.2, 0) is 14.6 Å². The van der Waals surface area contributed by atoms with E-state index < -0.39 is 40.8 Å². The number of hydrogen-bond donors (Lipinski definition) is 1. The molecule has 0 saturated carbocycles. The van der Waals surface area contributed by atoms with Crippen LogP contribution in [-0.4, -0.2) is 19.2 Å². The predicted octanol–water partition coefficient (Wildman–Crippen LogP) is -0.754. The van der Waals surface area contributed by atoms with Crippen LogP contribution in [0.25, 0.3) is 6.08 Å². The van der Waals surface area contributed by atoms with Crippen LogP contribution in [0.4, 0.5) is 0 Å². The number of nitrogens with zero attached hydrogens (tertiary/aromatic N) is 1. The second kappa shape index (κ2) is 3.16. The van der Waals surface area contributed by atoms with E-state index >= 15 is 0 Å². The standard InChI is InChI=1S/C8H7NO4S/c10-14(11,12)13-8-5-6-3-1-2-4-7(6)9-8/h1-5,8H,(H,10,11,12)/i1D,2D,3D,4D,8D. The van der Waals surface area contributed by atoms with Crippen LogP contribution in [0.5, 0.6) is 0 Å². The van der Waals surface area contributed by atoms with Gasteiger partial charge in [0.1, 0.15) is 0 Å². The van der Waals surface area contributed by atoms with E-state index in [1.807, 2.05) is 0 Å². The van der Waals surface area contributed by atoms with Gasteiger partial charge in [0, 0.05) is 5.22 Å². The Kier molecular flexibility index (Phi) is 1.13. The zero-order chi connectivity index (χ0) is 14.6. The number of hydrogen-bond acceptors (Lipinski definition) is 4. The van der Waals surface area contributed by atoms with Gasteiger partial charge in [0.05, 0.1) is 12.2 Å². The Morgan fingerprint density at radius 3 is 3.00 bits per heavy atom. The van der Waals surface area contributed by atoms with Crippen LogP contribution < -0.4 is 10.6 Å². The minimum atomic E-state index is -4.96. The molecule has 6 heteroatoms. The van der Waals surface area contributed by atoms with Crippen molar-refractivity contribution >= 4 is 16.5 Å². The van der Waals surface area contributed by atoms with Crippen LogP contribution in [0.1, 0.15) is 6.85 Å². The van der Waals surface area contributed by atoms with E-state index in [4.69, 9.17) is 11.4 Å². The van der Waals surface area contributed by atoms with E-state index in [2.05, 4.69) is 9.18 Å². The molecule has 14 heavy (non-hydrogen) atoms. The van der Waals surface area contributed by atoms with Gasteiger partial charge >= 0.3 is 10.4 Å². The fraction of sp³-hybridized carbons (Fsp3) is 0.125. The number of para-hydroxylation sites is 1. The first kappa shape index (κ1) is 5.01. The predicted molar refractivity (Wildman–Crippen MR) is 48.1 cm³/mol. The Morgan fingerprint density at radius 2 is 2.29 bits per heavy atom. The van der Waals surface area contributed by atoms with Crippen molar-refractivity contribution in [3.8, 4) is 0 Å². The maximum Gasteiger partial charge on any atom is 0.399 e. The summed E-state index contributed by atoms with van der Waals surface area (Å²) >= 11 is 0. The molecule has 1 heterocycles. The fourth-order valence-electron chi connectivity index (χ4n) is 0.925. The first-order valence-electron chi connectivity index (χ1n) is 5.91. The molecule has 1 aliphatic rings. The summed E-state index contributed by atoms with van der Waals surface area (Å²) in [5.41, 5.74) is 0. The number of benzene rings is 1. The van der Waals surface area contributed by atoms with Crippen LogP contribution in [0.3, 0.4) is 0 Å². The highest BCUT2D eigenvalue weighted by molar-refractivity contribution is 7.80. The fourth-order valence-corrected chi connectivity index (χ4v) is 1.23. The lowest BCUT2D eigenvalue weighted by atomic mass is 10.3. The number of rotatable bonds is 2. The zero-order valence-corrected chi connectivity index (χ0v) is 7.42. The van der Waals surface area contributed by atoms with Gasteiger partial charge in [0.25, 0.3) is 0 Å². The summed E-state index contributed by atoms with van der Waals surface area (Å²) in [6.45, 7) is 0. The van der Waals surface area contributed by atoms with Crippen molar-refractivity contribution in [1.29, 1.82) is 0 Å². The lowest BCUT2D eigenvalue weighted by molar-refractivity contribution is 0.237. The lowest BCUT2D eigenvalue weighted by Crippen LogP contribution is -2.19. The molecule has 1 aromatic carbocycles. The van der Waals surface area contributed by atoms with Gasteiger partial charge in [-0.15, -0.1) is 0 Å². The molecular formula is C8H7NO4S. The summed E-state index contributed by atoms with van der Waals surface area (Å²) < 4.78 is 71.4. The van der Waals surface area contributed by atoms with E-state index in [1.165, 1.54) is 0 Å². The molecule has 0 aliphatic carbocycles. The van der Waals surface area contributed by atoms with Gasteiger partial charge in [-0.2, -0.15) is 8.42 Å². The molecule has 0 saturated heterocycles. The summed E-state index contributed by atoms with van der Waals surface area (Å²) in [6, 6.07) is -2.07. The normalized spacial score (nSPS) is 29.9. The Labute approximate surface area is 87.3 Å². The molecule has 74 valence electrons. The molecule has 1 atom stereocenters. The van der Waals surface area contributed by atoms with Crippen molar-refractivity contribution in [2.45, 2.75) is 6.20 Å². The first-order valence-corrected chi connectivity index (χ1v) is 4.78.